The Bertz CT molecular complexity index is 1080. The number of hydrogen-bond acceptors (Lipinski definition) is 3. The maximum absolute atomic E-state index is 14.6. The van der Waals surface area contributed by atoms with Crippen LogP contribution < -0.4 is 4.74 Å². The summed E-state index contributed by atoms with van der Waals surface area (Å²) in [5.41, 5.74) is 1.75. The van der Waals surface area contributed by atoms with Crippen molar-refractivity contribution in [3.63, 3.8) is 0 Å². The first kappa shape index (κ1) is 16.0. The summed E-state index contributed by atoms with van der Waals surface area (Å²) in [6.07, 6.45) is 3.03. The molecule has 0 unspecified atom stereocenters. The van der Waals surface area contributed by atoms with Gasteiger partial charge in [0.2, 0.25) is 0 Å². The average Bonchev–Trinajstić information content (AvgIpc) is 3.18. The van der Waals surface area contributed by atoms with E-state index in [-0.39, 0.29) is 5.69 Å². The molecule has 1 aromatic heterocycles. The van der Waals surface area contributed by atoms with E-state index in [1.165, 1.54) is 10.8 Å². The Kier molecular flexibility index (Phi) is 4.19. The van der Waals surface area contributed by atoms with Crippen LogP contribution in [0, 0.1) is 0 Å². The summed E-state index contributed by atoms with van der Waals surface area (Å²) < 4.78 is 21.3. The summed E-state index contributed by atoms with van der Waals surface area (Å²) >= 11 is 0. The minimum Gasteiger partial charge on any atom is -0.497 e. The van der Waals surface area contributed by atoms with Gasteiger partial charge in [0.1, 0.15) is 11.4 Å². The Balaban J connectivity index is 1.61. The number of nitrogens with zero attached hydrogens (tertiary/aromatic N) is 3. The number of rotatable bonds is 4. The summed E-state index contributed by atoms with van der Waals surface area (Å²) in [5, 5.41) is 10.1. The van der Waals surface area contributed by atoms with Crippen molar-refractivity contribution in [2.24, 2.45) is 0 Å². The summed E-state index contributed by atoms with van der Waals surface area (Å²) in [7, 11) is 1.61. The molecule has 4 aromatic rings. The van der Waals surface area contributed by atoms with E-state index < -0.39 is 5.83 Å². The summed E-state index contributed by atoms with van der Waals surface area (Å²) in [4.78, 5) is 0. The fraction of sp³-hybridized carbons (Fsp3) is 0.0476. The van der Waals surface area contributed by atoms with E-state index >= 15 is 0 Å². The number of hydrogen-bond donors (Lipinski definition) is 0. The van der Waals surface area contributed by atoms with Crippen LogP contribution in [0.4, 0.5) is 4.39 Å². The molecule has 26 heavy (non-hydrogen) atoms. The Morgan fingerprint density at radius 2 is 1.77 bits per heavy atom. The molecule has 0 aliphatic carbocycles. The van der Waals surface area contributed by atoms with Gasteiger partial charge in [0.25, 0.3) is 0 Å². The van der Waals surface area contributed by atoms with Crippen molar-refractivity contribution in [2.75, 3.05) is 7.11 Å². The maximum atomic E-state index is 14.6. The van der Waals surface area contributed by atoms with Crippen molar-refractivity contribution in [3.8, 4) is 11.4 Å². The number of fused-ring (bicyclic) bond motifs is 1. The second kappa shape index (κ2) is 6.80. The fourth-order valence-corrected chi connectivity index (χ4v) is 2.75. The first-order chi connectivity index (χ1) is 12.7. The van der Waals surface area contributed by atoms with Crippen LogP contribution in [0.25, 0.3) is 28.4 Å². The zero-order chi connectivity index (χ0) is 17.9. The smallest absolute Gasteiger partial charge is 0.152 e. The predicted octanol–water partition coefficient (Wildman–Crippen LogP) is 4.90. The first-order valence-corrected chi connectivity index (χ1v) is 8.16. The molecule has 0 saturated carbocycles. The molecule has 0 aliphatic rings. The van der Waals surface area contributed by atoms with Gasteiger partial charge in [0.15, 0.2) is 5.83 Å². The number of halogens is 1. The zero-order valence-electron chi connectivity index (χ0n) is 14.1. The lowest BCUT2D eigenvalue weighted by Gasteiger charge is -2.02. The molecule has 0 bridgehead atoms. The van der Waals surface area contributed by atoms with Crippen LogP contribution in [-0.4, -0.2) is 22.1 Å². The van der Waals surface area contributed by atoms with Crippen LogP contribution in [0.15, 0.2) is 72.9 Å². The van der Waals surface area contributed by atoms with Gasteiger partial charge < -0.3 is 4.74 Å². The molecule has 0 radical (unpaired) electrons. The lowest BCUT2D eigenvalue weighted by atomic mass is 10.1. The molecule has 0 spiro atoms. The van der Waals surface area contributed by atoms with Crippen molar-refractivity contribution < 1.29 is 9.13 Å². The molecule has 128 valence electrons. The molecule has 0 fully saturated rings. The zero-order valence-corrected chi connectivity index (χ0v) is 14.1. The Hall–Kier alpha value is -3.47. The monoisotopic (exact) mass is 345 g/mol. The van der Waals surface area contributed by atoms with Gasteiger partial charge in [-0.3, -0.25) is 0 Å². The van der Waals surface area contributed by atoms with Gasteiger partial charge in [-0.1, -0.05) is 41.6 Å². The molecule has 1 heterocycles. The SMILES string of the molecule is COc1ccc(-n2cc(/C(F)=C\c3ccc4ccccc4c3)nn2)cc1. The Labute approximate surface area is 150 Å². The van der Waals surface area contributed by atoms with E-state index in [0.29, 0.717) is 0 Å². The van der Waals surface area contributed by atoms with Crippen molar-refractivity contribution in [1.29, 1.82) is 0 Å². The average molecular weight is 345 g/mol. The molecule has 0 atom stereocenters. The maximum Gasteiger partial charge on any atom is 0.152 e. The Morgan fingerprint density at radius 1 is 1.00 bits per heavy atom. The van der Waals surface area contributed by atoms with Gasteiger partial charge >= 0.3 is 0 Å². The molecule has 0 N–H and O–H groups in total. The largest absolute Gasteiger partial charge is 0.497 e. The van der Waals surface area contributed by atoms with E-state index in [1.807, 2.05) is 66.7 Å². The number of methoxy groups -OCH3 is 1. The van der Waals surface area contributed by atoms with Crippen LogP contribution in [0.3, 0.4) is 0 Å². The minimum absolute atomic E-state index is 0.189. The second-order valence-corrected chi connectivity index (χ2v) is 5.85. The summed E-state index contributed by atoms with van der Waals surface area (Å²) in [5.74, 6) is 0.316. The van der Waals surface area contributed by atoms with Gasteiger partial charge in [-0.15, -0.1) is 5.10 Å². The van der Waals surface area contributed by atoms with Crippen LogP contribution in [-0.2, 0) is 0 Å². The van der Waals surface area contributed by atoms with Gasteiger partial charge in [-0.2, -0.15) is 0 Å². The molecule has 3 aromatic carbocycles. The van der Waals surface area contributed by atoms with Crippen LogP contribution in [0.2, 0.25) is 0 Å². The number of benzene rings is 3. The van der Waals surface area contributed by atoms with Crippen molar-refractivity contribution >= 4 is 22.7 Å². The second-order valence-electron chi connectivity index (χ2n) is 5.85. The first-order valence-electron chi connectivity index (χ1n) is 8.16. The minimum atomic E-state index is -0.431. The fourth-order valence-electron chi connectivity index (χ4n) is 2.75. The van der Waals surface area contributed by atoms with E-state index in [2.05, 4.69) is 10.3 Å². The van der Waals surface area contributed by atoms with E-state index in [9.17, 15) is 4.39 Å². The molecule has 0 saturated heterocycles. The highest BCUT2D eigenvalue weighted by molar-refractivity contribution is 5.86. The summed E-state index contributed by atoms with van der Waals surface area (Å²) in [6, 6.07) is 21.1. The molecular weight excluding hydrogens is 329 g/mol. The molecular formula is C21H16FN3O. The third-order valence-corrected chi connectivity index (χ3v) is 4.14. The lowest BCUT2D eigenvalue weighted by Crippen LogP contribution is -1.94. The van der Waals surface area contributed by atoms with E-state index in [0.717, 1.165) is 27.8 Å². The van der Waals surface area contributed by atoms with E-state index in [4.69, 9.17) is 4.74 Å². The normalized spacial score (nSPS) is 11.7. The molecule has 0 aliphatic heterocycles. The van der Waals surface area contributed by atoms with Crippen molar-refractivity contribution in [3.05, 3.63) is 84.2 Å². The standard InChI is InChI=1S/C21H16FN3O/c1-26-19-10-8-18(9-11-19)25-14-21(23-24-25)20(22)13-15-6-7-16-4-2-3-5-17(16)12-15/h2-14H,1H3/b20-13+. The quantitative estimate of drug-likeness (QED) is 0.528. The predicted molar refractivity (Wildman–Crippen MR) is 101 cm³/mol. The highest BCUT2D eigenvalue weighted by atomic mass is 19.1. The molecule has 4 nitrogen and oxygen atoms in total. The van der Waals surface area contributed by atoms with Gasteiger partial charge in [0, 0.05) is 0 Å². The number of ether oxygens (including phenoxy) is 1. The third kappa shape index (κ3) is 3.19. The van der Waals surface area contributed by atoms with Gasteiger partial charge in [0.05, 0.1) is 19.0 Å². The van der Waals surface area contributed by atoms with Crippen LogP contribution in [0.1, 0.15) is 11.3 Å². The van der Waals surface area contributed by atoms with E-state index in [1.54, 1.807) is 13.3 Å². The highest BCUT2D eigenvalue weighted by Crippen LogP contribution is 2.22. The van der Waals surface area contributed by atoms with Gasteiger partial charge in [-0.05, 0) is 52.7 Å². The number of aromatic nitrogens is 3. The summed E-state index contributed by atoms with van der Waals surface area (Å²) in [6.45, 7) is 0. The van der Waals surface area contributed by atoms with Crippen molar-refractivity contribution in [1.82, 2.24) is 15.0 Å². The lowest BCUT2D eigenvalue weighted by molar-refractivity contribution is 0.414. The highest BCUT2D eigenvalue weighted by Gasteiger charge is 2.08. The molecule has 0 amide bonds. The van der Waals surface area contributed by atoms with Crippen molar-refractivity contribution in [2.45, 2.75) is 0 Å². The van der Waals surface area contributed by atoms with Gasteiger partial charge in [-0.25, -0.2) is 9.07 Å². The molecule has 4 rings (SSSR count). The van der Waals surface area contributed by atoms with Crippen LogP contribution in [0.5, 0.6) is 5.75 Å². The topological polar surface area (TPSA) is 39.9 Å². The Morgan fingerprint density at radius 3 is 2.54 bits per heavy atom. The molecule has 5 heteroatoms. The van der Waals surface area contributed by atoms with Crippen LogP contribution >= 0.6 is 0 Å². The third-order valence-electron chi connectivity index (χ3n) is 4.14.